The molecule has 3 aliphatic heterocycles. The van der Waals surface area contributed by atoms with E-state index in [0.717, 1.165) is 38.9 Å². The molecule has 0 aromatic rings. The Labute approximate surface area is 167 Å². The van der Waals surface area contributed by atoms with E-state index in [0.29, 0.717) is 35.3 Å². The van der Waals surface area contributed by atoms with Crippen molar-refractivity contribution < 1.29 is 9.53 Å². The second-order valence-electron chi connectivity index (χ2n) is 8.87. The lowest BCUT2D eigenvalue weighted by Crippen LogP contribution is -2.55. The van der Waals surface area contributed by atoms with Crippen LogP contribution in [0.2, 0.25) is 0 Å². The fraction of sp³-hybridized carbons (Fsp3) is 0.950. The molecule has 8 atom stereocenters. The molecule has 6 nitrogen and oxygen atoms in total. The van der Waals surface area contributed by atoms with Gasteiger partial charge >= 0.3 is 0 Å². The van der Waals surface area contributed by atoms with Crippen molar-refractivity contribution in [1.29, 1.82) is 0 Å². The lowest BCUT2D eigenvalue weighted by atomic mass is 9.68. The Kier molecular flexibility index (Phi) is 6.64. The average Bonchev–Trinajstić information content (AvgIpc) is 3.10. The Hall–Kier alpha value is -0.340. The van der Waals surface area contributed by atoms with Gasteiger partial charge in [-0.3, -0.25) is 10.1 Å². The van der Waals surface area contributed by atoms with Gasteiger partial charge in [0.15, 0.2) is 0 Å². The number of piperidine rings is 2. The van der Waals surface area contributed by atoms with Crippen LogP contribution < -0.4 is 21.3 Å². The SMILES string of the molecule is COC1CCCCC1C1CC(C)NCC1C(=O)NC1NC2CCNCC2S1. The normalized spacial score (nSPS) is 45.3. The molecular weight excluding hydrogens is 360 g/mol. The molecule has 0 bridgehead atoms. The highest BCUT2D eigenvalue weighted by molar-refractivity contribution is 8.00. The van der Waals surface area contributed by atoms with Crippen molar-refractivity contribution in [3.63, 3.8) is 0 Å². The van der Waals surface area contributed by atoms with Crippen LogP contribution in [0.25, 0.3) is 0 Å². The number of methoxy groups -OCH3 is 1. The monoisotopic (exact) mass is 396 g/mol. The van der Waals surface area contributed by atoms with Crippen molar-refractivity contribution in [2.45, 2.75) is 74.4 Å². The second-order valence-corrected chi connectivity index (χ2v) is 10.2. The molecule has 0 spiro atoms. The Morgan fingerprint density at radius 3 is 2.81 bits per heavy atom. The van der Waals surface area contributed by atoms with Crippen LogP contribution in [0, 0.1) is 17.8 Å². The van der Waals surface area contributed by atoms with Crippen molar-refractivity contribution in [2.24, 2.45) is 17.8 Å². The van der Waals surface area contributed by atoms with Crippen LogP contribution in [-0.2, 0) is 9.53 Å². The molecule has 4 rings (SSSR count). The summed E-state index contributed by atoms with van der Waals surface area (Å²) in [5.41, 5.74) is 0.0528. The number of hydrogen-bond donors (Lipinski definition) is 4. The third-order valence-corrected chi connectivity index (χ3v) is 8.52. The third kappa shape index (κ3) is 4.47. The highest BCUT2D eigenvalue weighted by Crippen LogP contribution is 2.40. The Bertz CT molecular complexity index is 508. The van der Waals surface area contributed by atoms with Gasteiger partial charge in [0.25, 0.3) is 0 Å². The zero-order chi connectivity index (χ0) is 18.8. The fourth-order valence-corrected chi connectivity index (χ4v) is 7.09. The first-order chi connectivity index (χ1) is 13.2. The summed E-state index contributed by atoms with van der Waals surface area (Å²) in [5, 5.41) is 14.5. The van der Waals surface area contributed by atoms with Crippen molar-refractivity contribution >= 4 is 17.7 Å². The average molecular weight is 397 g/mol. The first-order valence-electron chi connectivity index (χ1n) is 10.8. The fourth-order valence-electron chi connectivity index (χ4n) is 5.69. The van der Waals surface area contributed by atoms with Crippen LogP contribution >= 0.6 is 11.8 Å². The van der Waals surface area contributed by atoms with Gasteiger partial charge in [0.05, 0.1) is 12.0 Å². The van der Waals surface area contributed by atoms with Gasteiger partial charge in [-0.1, -0.05) is 12.8 Å². The van der Waals surface area contributed by atoms with Crippen LogP contribution in [-0.4, -0.2) is 61.6 Å². The predicted octanol–water partition coefficient (Wildman–Crippen LogP) is 1.27. The maximum atomic E-state index is 13.3. The van der Waals surface area contributed by atoms with Gasteiger partial charge in [-0.25, -0.2) is 0 Å². The van der Waals surface area contributed by atoms with Crippen molar-refractivity contribution in [2.75, 3.05) is 26.7 Å². The summed E-state index contributed by atoms with van der Waals surface area (Å²) in [5.74, 6) is 1.20. The Morgan fingerprint density at radius 1 is 1.15 bits per heavy atom. The molecule has 0 aromatic carbocycles. The maximum absolute atomic E-state index is 13.3. The minimum atomic E-state index is 0.0464. The van der Waals surface area contributed by atoms with Gasteiger partial charge in [-0.2, -0.15) is 0 Å². The smallest absolute Gasteiger partial charge is 0.226 e. The molecule has 3 saturated heterocycles. The van der Waals surface area contributed by atoms with Crippen LogP contribution in [0.5, 0.6) is 0 Å². The zero-order valence-corrected chi connectivity index (χ0v) is 17.5. The number of ether oxygens (including phenoxy) is 1. The molecule has 7 heteroatoms. The van der Waals surface area contributed by atoms with Crippen molar-refractivity contribution in [3.8, 4) is 0 Å². The van der Waals surface area contributed by atoms with Crippen LogP contribution in [0.4, 0.5) is 0 Å². The van der Waals surface area contributed by atoms with E-state index < -0.39 is 0 Å². The summed E-state index contributed by atoms with van der Waals surface area (Å²) in [6, 6.07) is 1.00. The number of amides is 1. The molecule has 0 aromatic heterocycles. The topological polar surface area (TPSA) is 74.4 Å². The van der Waals surface area contributed by atoms with Crippen LogP contribution in [0.3, 0.4) is 0 Å². The van der Waals surface area contributed by atoms with E-state index in [4.69, 9.17) is 4.74 Å². The number of nitrogens with one attached hydrogen (secondary N) is 4. The van der Waals surface area contributed by atoms with Gasteiger partial charge in [0.2, 0.25) is 5.91 Å². The van der Waals surface area contributed by atoms with E-state index in [1.54, 1.807) is 0 Å². The summed E-state index contributed by atoms with van der Waals surface area (Å²) in [6.07, 6.45) is 7.41. The van der Waals surface area contributed by atoms with E-state index in [9.17, 15) is 4.79 Å². The summed E-state index contributed by atoms with van der Waals surface area (Å²) >= 11 is 1.88. The van der Waals surface area contributed by atoms with Gasteiger partial charge < -0.3 is 20.7 Å². The molecular formula is C20H36N4O2S. The number of thioether (sulfide) groups is 1. The number of carbonyl (C=O) groups excluding carboxylic acids is 1. The predicted molar refractivity (Wildman–Crippen MR) is 110 cm³/mol. The van der Waals surface area contributed by atoms with Crippen LogP contribution in [0.1, 0.15) is 45.4 Å². The van der Waals surface area contributed by atoms with E-state index in [2.05, 4.69) is 28.2 Å². The quantitative estimate of drug-likeness (QED) is 0.574. The standard InChI is InChI=1S/C20H36N4O2S/c1-12-9-14(13-5-3-4-6-17(13)26-2)15(10-22-12)19(25)24-20-23-16-7-8-21-11-18(16)27-20/h12-18,20-23H,3-11H2,1-2H3,(H,24,25). The molecule has 4 fully saturated rings. The highest BCUT2D eigenvalue weighted by atomic mass is 32.2. The first-order valence-corrected chi connectivity index (χ1v) is 11.8. The van der Waals surface area contributed by atoms with Crippen molar-refractivity contribution in [1.82, 2.24) is 21.3 Å². The number of carbonyl (C=O) groups is 1. The third-order valence-electron chi connectivity index (χ3n) is 7.15. The van der Waals surface area contributed by atoms with E-state index in [-0.39, 0.29) is 17.3 Å². The molecule has 3 heterocycles. The maximum Gasteiger partial charge on any atom is 0.226 e. The Morgan fingerprint density at radius 2 is 2.00 bits per heavy atom. The largest absolute Gasteiger partial charge is 0.381 e. The Balaban J connectivity index is 1.41. The molecule has 4 N–H and O–H groups in total. The lowest BCUT2D eigenvalue weighted by Gasteiger charge is -2.44. The second kappa shape index (κ2) is 8.99. The summed E-state index contributed by atoms with van der Waals surface area (Å²) in [6.45, 7) is 5.15. The number of hydrogen-bond acceptors (Lipinski definition) is 6. The molecule has 154 valence electrons. The molecule has 1 aliphatic carbocycles. The molecule has 1 amide bonds. The highest BCUT2D eigenvalue weighted by Gasteiger charge is 2.43. The minimum Gasteiger partial charge on any atom is -0.381 e. The minimum absolute atomic E-state index is 0.0464. The molecule has 1 saturated carbocycles. The van der Waals surface area contributed by atoms with Gasteiger partial charge in [0, 0.05) is 37.5 Å². The molecule has 27 heavy (non-hydrogen) atoms. The number of fused-ring (bicyclic) bond motifs is 1. The van der Waals surface area contributed by atoms with Gasteiger partial charge in [-0.05, 0) is 51.0 Å². The summed E-state index contributed by atoms with van der Waals surface area (Å²) < 4.78 is 5.84. The molecule has 4 aliphatic rings. The lowest BCUT2D eigenvalue weighted by molar-refractivity contribution is -0.130. The number of rotatable bonds is 4. The summed E-state index contributed by atoms with van der Waals surface area (Å²) in [4.78, 5) is 13.3. The van der Waals surface area contributed by atoms with E-state index in [1.807, 2.05) is 18.9 Å². The van der Waals surface area contributed by atoms with E-state index in [1.165, 1.54) is 19.3 Å². The van der Waals surface area contributed by atoms with E-state index >= 15 is 0 Å². The zero-order valence-electron chi connectivity index (χ0n) is 16.7. The van der Waals surface area contributed by atoms with Crippen molar-refractivity contribution in [3.05, 3.63) is 0 Å². The first kappa shape index (κ1) is 20.0. The molecule has 0 radical (unpaired) electrons. The van der Waals surface area contributed by atoms with Crippen LogP contribution in [0.15, 0.2) is 0 Å². The van der Waals surface area contributed by atoms with Gasteiger partial charge in [0.1, 0.15) is 5.50 Å². The summed E-state index contributed by atoms with van der Waals surface area (Å²) in [7, 11) is 1.84. The molecule has 8 unspecified atom stereocenters. The van der Waals surface area contributed by atoms with Gasteiger partial charge in [-0.15, -0.1) is 11.8 Å².